The number of carbonyl (C=O) groups excluding carboxylic acids is 6. The average Bonchev–Trinajstić information content (AvgIpc) is 3.23. The summed E-state index contributed by atoms with van der Waals surface area (Å²) in [7, 11) is 3.41. The lowest BCUT2D eigenvalue weighted by Gasteiger charge is -2.29. The third kappa shape index (κ3) is 16.4. The number of likely N-dealkylation sites (tertiary alicyclic amines) is 1. The summed E-state index contributed by atoms with van der Waals surface area (Å²) in [6, 6.07) is -0.861. The molecule has 0 aliphatic carbocycles. The summed E-state index contributed by atoms with van der Waals surface area (Å²) in [5.74, 6) is -0.593. The Hall–Kier alpha value is -2.51. The summed E-state index contributed by atoms with van der Waals surface area (Å²) < 4.78 is 0. The summed E-state index contributed by atoms with van der Waals surface area (Å²) in [6.45, 7) is 14.3. The van der Waals surface area contributed by atoms with Gasteiger partial charge in [-0.3, -0.25) is 33.7 Å². The van der Waals surface area contributed by atoms with Crippen LogP contribution in [0.25, 0.3) is 0 Å². The van der Waals surface area contributed by atoms with Gasteiger partial charge >= 0.3 is 0 Å². The van der Waals surface area contributed by atoms with E-state index in [-0.39, 0.29) is 73.1 Å². The number of likely N-dealkylation sites (N-methyl/N-ethyl adjacent to an activating group) is 1. The quantitative estimate of drug-likeness (QED) is 0.100. The highest BCUT2D eigenvalue weighted by Crippen LogP contribution is 2.26. The van der Waals surface area contributed by atoms with Gasteiger partial charge < -0.3 is 26.2 Å². The van der Waals surface area contributed by atoms with Crippen LogP contribution in [0.2, 0.25) is 0 Å². The molecule has 264 valence electrons. The number of unbranched alkanes of at least 4 members (excludes halogenated alkanes) is 2. The van der Waals surface area contributed by atoms with Gasteiger partial charge in [-0.1, -0.05) is 27.2 Å². The van der Waals surface area contributed by atoms with Gasteiger partial charge in [-0.15, -0.1) is 11.8 Å². The molecule has 1 saturated heterocycles. The van der Waals surface area contributed by atoms with E-state index >= 15 is 0 Å². The number of carbonyl (C=O) groups is 6. The van der Waals surface area contributed by atoms with Crippen molar-refractivity contribution < 1.29 is 28.8 Å². The molecule has 13 heteroatoms. The summed E-state index contributed by atoms with van der Waals surface area (Å²) in [5, 5.41) is 11.6. The lowest BCUT2D eigenvalue weighted by Crippen LogP contribution is -2.50. The zero-order chi connectivity index (χ0) is 34.9. The van der Waals surface area contributed by atoms with Crippen molar-refractivity contribution in [2.45, 2.75) is 116 Å². The number of imide groups is 1. The van der Waals surface area contributed by atoms with Crippen LogP contribution in [0.3, 0.4) is 0 Å². The topological polar surface area (TPSA) is 157 Å². The van der Waals surface area contributed by atoms with Gasteiger partial charge in [-0.2, -0.15) is 0 Å². The Morgan fingerprint density at radius 3 is 2.17 bits per heavy atom. The molecule has 0 aromatic carbocycles. The number of nitrogens with one attached hydrogen (secondary N) is 4. The molecule has 1 aliphatic heterocycles. The molecule has 46 heavy (non-hydrogen) atoms. The smallest absolute Gasteiger partial charge is 0.243 e. The van der Waals surface area contributed by atoms with E-state index in [0.717, 1.165) is 38.8 Å². The van der Waals surface area contributed by atoms with E-state index in [1.54, 1.807) is 27.8 Å². The minimum atomic E-state index is -0.861. The molecule has 2 unspecified atom stereocenters. The van der Waals surface area contributed by atoms with E-state index in [0.29, 0.717) is 25.3 Å². The van der Waals surface area contributed by atoms with Gasteiger partial charge in [-0.25, -0.2) is 0 Å². The van der Waals surface area contributed by atoms with Gasteiger partial charge in [-0.05, 0) is 72.3 Å². The number of Topliss-reactive ketones (excluding diaryl/α,β-unsaturated/α-hetero) is 1. The Morgan fingerprint density at radius 2 is 1.54 bits per heavy atom. The normalized spacial score (nSPS) is 16.0. The Labute approximate surface area is 280 Å². The van der Waals surface area contributed by atoms with Crippen LogP contribution in [0.4, 0.5) is 0 Å². The van der Waals surface area contributed by atoms with E-state index in [9.17, 15) is 28.8 Å². The third-order valence-corrected chi connectivity index (χ3v) is 9.03. The zero-order valence-corrected chi connectivity index (χ0v) is 30.3. The third-order valence-electron chi connectivity index (χ3n) is 7.73. The first kappa shape index (κ1) is 41.5. The number of thioether (sulfide) groups is 1. The molecule has 2 atom stereocenters. The van der Waals surface area contributed by atoms with Crippen molar-refractivity contribution in [3.05, 3.63) is 0 Å². The van der Waals surface area contributed by atoms with Gasteiger partial charge in [0.25, 0.3) is 0 Å². The van der Waals surface area contributed by atoms with Crippen LogP contribution in [0.15, 0.2) is 0 Å². The van der Waals surface area contributed by atoms with Crippen LogP contribution in [0.5, 0.6) is 0 Å². The van der Waals surface area contributed by atoms with Gasteiger partial charge in [0.1, 0.15) is 11.8 Å². The van der Waals surface area contributed by atoms with E-state index < -0.39 is 16.7 Å². The molecule has 1 aliphatic rings. The monoisotopic (exact) mass is 668 g/mol. The molecule has 5 amide bonds. The Kier molecular flexibility index (Phi) is 18.7. The fourth-order valence-electron chi connectivity index (χ4n) is 4.71. The maximum Gasteiger partial charge on any atom is 0.243 e. The first-order valence-electron chi connectivity index (χ1n) is 16.7. The molecular formula is C33H60N6O6S. The maximum atomic E-state index is 13.0. The number of ketones is 1. The molecule has 1 rings (SSSR count). The molecule has 0 radical (unpaired) electrons. The van der Waals surface area contributed by atoms with Crippen molar-refractivity contribution >= 4 is 47.1 Å². The summed E-state index contributed by atoms with van der Waals surface area (Å²) in [5.41, 5.74) is -0.594. The van der Waals surface area contributed by atoms with Crippen LogP contribution >= 0.6 is 11.8 Å². The second kappa shape index (κ2) is 20.7. The molecule has 4 N–H and O–H groups in total. The predicted octanol–water partition coefficient (Wildman–Crippen LogP) is 2.25. The molecule has 12 nitrogen and oxygen atoms in total. The highest BCUT2D eigenvalue weighted by molar-refractivity contribution is 8.00. The molecule has 0 saturated carbocycles. The van der Waals surface area contributed by atoms with Gasteiger partial charge in [0.15, 0.2) is 0 Å². The van der Waals surface area contributed by atoms with Gasteiger partial charge in [0.05, 0.1) is 5.25 Å². The lowest BCUT2D eigenvalue weighted by atomic mass is 9.86. The fraction of sp³-hybridized carbons (Fsp3) is 0.818. The number of nitrogens with zero attached hydrogens (tertiary/aromatic N) is 2. The molecule has 0 bridgehead atoms. The van der Waals surface area contributed by atoms with E-state index in [4.69, 9.17) is 0 Å². The summed E-state index contributed by atoms with van der Waals surface area (Å²) >= 11 is 1.44. The summed E-state index contributed by atoms with van der Waals surface area (Å²) in [6.07, 6.45) is 4.10. The highest BCUT2D eigenvalue weighted by Gasteiger charge is 2.38. The zero-order valence-electron chi connectivity index (χ0n) is 29.5. The maximum absolute atomic E-state index is 13.0. The second-order valence-corrected chi connectivity index (χ2v) is 15.3. The van der Waals surface area contributed by atoms with Gasteiger partial charge in [0.2, 0.25) is 29.5 Å². The number of hydrogen-bond donors (Lipinski definition) is 4. The van der Waals surface area contributed by atoms with Crippen LogP contribution in [-0.4, -0.2) is 115 Å². The van der Waals surface area contributed by atoms with Crippen LogP contribution in [-0.2, 0) is 28.8 Å². The molecule has 0 aromatic rings. The second-order valence-electron chi connectivity index (χ2n) is 14.0. The largest absolute Gasteiger partial charge is 0.356 e. The molecule has 0 spiro atoms. The molecule has 1 fully saturated rings. The van der Waals surface area contributed by atoms with Crippen molar-refractivity contribution in [3.63, 3.8) is 0 Å². The first-order chi connectivity index (χ1) is 21.5. The van der Waals surface area contributed by atoms with Crippen molar-refractivity contribution in [2.75, 3.05) is 52.6 Å². The molecule has 1 heterocycles. The molecular weight excluding hydrogens is 608 g/mol. The molecule has 0 aromatic heterocycles. The Morgan fingerprint density at radius 1 is 0.891 bits per heavy atom. The van der Waals surface area contributed by atoms with Gasteiger partial charge in [0, 0.05) is 63.3 Å². The van der Waals surface area contributed by atoms with Crippen LogP contribution in [0, 0.1) is 5.41 Å². The number of rotatable bonds is 22. The predicted molar refractivity (Wildman–Crippen MR) is 183 cm³/mol. The van der Waals surface area contributed by atoms with E-state index in [1.165, 1.54) is 21.6 Å². The Balaban J connectivity index is 2.41. The van der Waals surface area contributed by atoms with Crippen molar-refractivity contribution in [1.29, 1.82) is 0 Å². The first-order valence-corrected chi connectivity index (χ1v) is 17.7. The highest BCUT2D eigenvalue weighted by atomic mass is 32.2. The standard InChI is InChI=1S/C33H60N6O6S/c1-32(2,3)26(40)22-24(30(44)36-18-12-16-34-7)38(8)28(42)14-10-9-11-21-46-25-23-29(43)39(31(25)45)20-15-27(41)35-17-13-19-37-33(4,5)6/h24-25,34,37H,9-23H2,1-8H3,(H,35,41)(H,36,44). The minimum absolute atomic E-state index is 0.0244. The van der Waals surface area contributed by atoms with Crippen molar-refractivity contribution in [1.82, 2.24) is 31.1 Å². The van der Waals surface area contributed by atoms with E-state index in [2.05, 4.69) is 42.0 Å². The van der Waals surface area contributed by atoms with E-state index in [1.807, 2.05) is 7.05 Å². The fourth-order valence-corrected chi connectivity index (χ4v) is 5.90. The van der Waals surface area contributed by atoms with Crippen LogP contribution in [0.1, 0.15) is 99.3 Å². The Bertz CT molecular complexity index is 1030. The van der Waals surface area contributed by atoms with Crippen molar-refractivity contribution in [3.8, 4) is 0 Å². The van der Waals surface area contributed by atoms with Crippen molar-refractivity contribution in [2.24, 2.45) is 5.41 Å². The SMILES string of the molecule is CNCCCNC(=O)C(CC(=O)C(C)(C)C)N(C)C(=O)CCCCCSC1CC(=O)N(CCC(=O)NCCCNC(C)(C)C)C1=O. The number of hydrogen-bond acceptors (Lipinski definition) is 9. The summed E-state index contributed by atoms with van der Waals surface area (Å²) in [4.78, 5) is 78.7. The minimum Gasteiger partial charge on any atom is -0.356 e. The average molecular weight is 669 g/mol. The number of amides is 5. The lowest BCUT2D eigenvalue weighted by molar-refractivity contribution is -0.142. The van der Waals surface area contributed by atoms with Crippen LogP contribution < -0.4 is 21.3 Å².